The predicted octanol–water partition coefficient (Wildman–Crippen LogP) is 2.03. The first-order valence-corrected chi connectivity index (χ1v) is 7.34. The molecule has 1 aromatic carbocycles. The number of rotatable bonds is 4. The number of carbonyl (C=O) groups is 1. The molecule has 2 N–H and O–H groups in total. The third-order valence-corrected chi connectivity index (χ3v) is 3.95. The van der Waals surface area contributed by atoms with Crippen LogP contribution < -0.4 is 10.5 Å². The van der Waals surface area contributed by atoms with E-state index in [1.54, 1.807) is 0 Å². The molecule has 5 heteroatoms. The summed E-state index contributed by atoms with van der Waals surface area (Å²) in [4.78, 5) is 13.9. The zero-order chi connectivity index (χ0) is 13.7. The Hall–Kier alpha value is -1.07. The van der Waals surface area contributed by atoms with Crippen LogP contribution in [0.3, 0.4) is 0 Å². The van der Waals surface area contributed by atoms with Gasteiger partial charge in [0.25, 0.3) is 5.91 Å². The lowest BCUT2D eigenvalue weighted by molar-refractivity contribution is -0.134. The molecule has 0 radical (unpaired) electrons. The topological polar surface area (TPSA) is 55.6 Å². The van der Waals surface area contributed by atoms with Crippen molar-refractivity contribution in [3.05, 3.63) is 28.7 Å². The molecule has 1 fully saturated rings. The zero-order valence-electron chi connectivity index (χ0n) is 10.8. The number of carbonyl (C=O) groups excluding carboxylic acids is 1. The summed E-state index contributed by atoms with van der Waals surface area (Å²) in [6, 6.07) is 7.51. The minimum atomic E-state index is 0.0513. The third-order valence-electron chi connectivity index (χ3n) is 3.46. The first-order valence-electron chi connectivity index (χ1n) is 6.55. The molecular formula is C14H19BrN2O2. The molecule has 1 saturated heterocycles. The number of nitrogens with zero attached hydrogens (tertiary/aromatic N) is 1. The van der Waals surface area contributed by atoms with Crippen molar-refractivity contribution >= 4 is 21.8 Å². The van der Waals surface area contributed by atoms with Crippen molar-refractivity contribution in [1.29, 1.82) is 0 Å². The highest BCUT2D eigenvalue weighted by atomic mass is 79.9. The SMILES string of the molecule is NCC1CCN(C(=O)COc2cccc(Br)c2)CC1. The summed E-state index contributed by atoms with van der Waals surface area (Å²) in [5.41, 5.74) is 5.64. The van der Waals surface area contributed by atoms with Gasteiger partial charge in [-0.25, -0.2) is 0 Å². The molecule has 0 bridgehead atoms. The molecule has 0 unspecified atom stereocenters. The van der Waals surface area contributed by atoms with E-state index in [0.29, 0.717) is 11.7 Å². The molecule has 1 aliphatic rings. The van der Waals surface area contributed by atoms with Gasteiger partial charge in [-0.1, -0.05) is 22.0 Å². The highest BCUT2D eigenvalue weighted by Gasteiger charge is 2.21. The largest absolute Gasteiger partial charge is 0.484 e. The number of piperidine rings is 1. The van der Waals surface area contributed by atoms with Crippen molar-refractivity contribution in [2.45, 2.75) is 12.8 Å². The number of hydrogen-bond acceptors (Lipinski definition) is 3. The van der Waals surface area contributed by atoms with E-state index in [0.717, 1.165) is 36.9 Å². The molecule has 2 rings (SSSR count). The summed E-state index contributed by atoms with van der Waals surface area (Å²) in [6.07, 6.45) is 2.00. The molecule has 19 heavy (non-hydrogen) atoms. The standard InChI is InChI=1S/C14H19BrN2O2/c15-12-2-1-3-13(8-12)19-10-14(18)17-6-4-11(9-16)5-7-17/h1-3,8,11H,4-7,9-10,16H2. The summed E-state index contributed by atoms with van der Waals surface area (Å²) in [7, 11) is 0. The first-order chi connectivity index (χ1) is 9.19. The highest BCUT2D eigenvalue weighted by Crippen LogP contribution is 2.19. The van der Waals surface area contributed by atoms with E-state index in [9.17, 15) is 4.79 Å². The molecule has 104 valence electrons. The molecule has 1 amide bonds. The van der Waals surface area contributed by atoms with Crippen LogP contribution in [0.2, 0.25) is 0 Å². The first kappa shape index (κ1) is 14.3. The van der Waals surface area contributed by atoms with Gasteiger partial charge in [-0.15, -0.1) is 0 Å². The van der Waals surface area contributed by atoms with E-state index in [1.807, 2.05) is 29.2 Å². The fraction of sp³-hybridized carbons (Fsp3) is 0.500. The van der Waals surface area contributed by atoms with Gasteiger partial charge in [0.05, 0.1) is 0 Å². The number of benzene rings is 1. The Morgan fingerprint density at radius 1 is 1.42 bits per heavy atom. The normalized spacial score (nSPS) is 16.4. The smallest absolute Gasteiger partial charge is 0.260 e. The Bertz CT molecular complexity index is 431. The van der Waals surface area contributed by atoms with Gasteiger partial charge in [-0.3, -0.25) is 4.79 Å². The van der Waals surface area contributed by atoms with Crippen LogP contribution in [-0.4, -0.2) is 37.0 Å². The molecule has 1 aromatic rings. The Labute approximate surface area is 122 Å². The highest BCUT2D eigenvalue weighted by molar-refractivity contribution is 9.10. The molecule has 0 spiro atoms. The Balaban J connectivity index is 1.79. The lowest BCUT2D eigenvalue weighted by Crippen LogP contribution is -2.42. The molecular weight excluding hydrogens is 308 g/mol. The van der Waals surface area contributed by atoms with Crippen molar-refractivity contribution in [3.63, 3.8) is 0 Å². The molecule has 1 aliphatic heterocycles. The lowest BCUT2D eigenvalue weighted by atomic mass is 9.97. The van der Waals surface area contributed by atoms with Gasteiger partial charge in [0.1, 0.15) is 5.75 Å². The minimum Gasteiger partial charge on any atom is -0.484 e. The second kappa shape index (κ2) is 6.91. The maximum atomic E-state index is 12.0. The maximum Gasteiger partial charge on any atom is 0.260 e. The number of halogens is 1. The fourth-order valence-electron chi connectivity index (χ4n) is 2.21. The summed E-state index contributed by atoms with van der Waals surface area (Å²) in [5, 5.41) is 0. The molecule has 0 atom stereocenters. The van der Waals surface area contributed by atoms with Crippen molar-refractivity contribution in [1.82, 2.24) is 4.90 Å². The van der Waals surface area contributed by atoms with Gasteiger partial charge in [0.15, 0.2) is 6.61 Å². The monoisotopic (exact) mass is 326 g/mol. The molecule has 0 aromatic heterocycles. The van der Waals surface area contributed by atoms with Crippen LogP contribution >= 0.6 is 15.9 Å². The number of ether oxygens (including phenoxy) is 1. The molecule has 4 nitrogen and oxygen atoms in total. The van der Waals surface area contributed by atoms with Crippen molar-refractivity contribution < 1.29 is 9.53 Å². The Morgan fingerprint density at radius 2 is 2.16 bits per heavy atom. The average Bonchev–Trinajstić information content (AvgIpc) is 2.45. The minimum absolute atomic E-state index is 0.0513. The van der Waals surface area contributed by atoms with Gasteiger partial charge < -0.3 is 15.4 Å². The lowest BCUT2D eigenvalue weighted by Gasteiger charge is -2.31. The summed E-state index contributed by atoms with van der Waals surface area (Å²) in [5.74, 6) is 1.32. The molecule has 0 aliphatic carbocycles. The van der Waals surface area contributed by atoms with Gasteiger partial charge in [0.2, 0.25) is 0 Å². The van der Waals surface area contributed by atoms with E-state index in [4.69, 9.17) is 10.5 Å². The van der Waals surface area contributed by atoms with Crippen LogP contribution in [0.5, 0.6) is 5.75 Å². The van der Waals surface area contributed by atoms with Crippen molar-refractivity contribution in [2.75, 3.05) is 26.2 Å². The van der Waals surface area contributed by atoms with Crippen LogP contribution in [0.1, 0.15) is 12.8 Å². The number of amides is 1. The van der Waals surface area contributed by atoms with Crippen LogP contribution in [0.4, 0.5) is 0 Å². The van der Waals surface area contributed by atoms with Crippen LogP contribution in [-0.2, 0) is 4.79 Å². The van der Waals surface area contributed by atoms with Gasteiger partial charge >= 0.3 is 0 Å². The number of nitrogens with two attached hydrogens (primary N) is 1. The zero-order valence-corrected chi connectivity index (χ0v) is 12.4. The fourth-order valence-corrected chi connectivity index (χ4v) is 2.59. The third kappa shape index (κ3) is 4.21. The summed E-state index contributed by atoms with van der Waals surface area (Å²) < 4.78 is 6.45. The quantitative estimate of drug-likeness (QED) is 0.921. The van der Waals surface area contributed by atoms with Crippen molar-refractivity contribution in [3.8, 4) is 5.75 Å². The summed E-state index contributed by atoms with van der Waals surface area (Å²) in [6.45, 7) is 2.41. The van der Waals surface area contributed by atoms with E-state index in [1.165, 1.54) is 0 Å². The molecule has 1 heterocycles. The predicted molar refractivity (Wildman–Crippen MR) is 78.0 cm³/mol. The van der Waals surface area contributed by atoms with Crippen LogP contribution in [0, 0.1) is 5.92 Å². The second-order valence-electron chi connectivity index (χ2n) is 4.81. The van der Waals surface area contributed by atoms with E-state index in [2.05, 4.69) is 15.9 Å². The van der Waals surface area contributed by atoms with E-state index < -0.39 is 0 Å². The average molecular weight is 327 g/mol. The maximum absolute atomic E-state index is 12.0. The van der Waals surface area contributed by atoms with Gasteiger partial charge in [-0.2, -0.15) is 0 Å². The van der Waals surface area contributed by atoms with Crippen LogP contribution in [0.25, 0.3) is 0 Å². The number of hydrogen-bond donors (Lipinski definition) is 1. The van der Waals surface area contributed by atoms with Gasteiger partial charge in [-0.05, 0) is 43.5 Å². The molecule has 0 saturated carbocycles. The van der Waals surface area contributed by atoms with E-state index >= 15 is 0 Å². The Kier molecular flexibility index (Phi) is 5.22. The summed E-state index contributed by atoms with van der Waals surface area (Å²) >= 11 is 3.37. The second-order valence-corrected chi connectivity index (χ2v) is 5.72. The van der Waals surface area contributed by atoms with E-state index in [-0.39, 0.29) is 12.5 Å². The number of likely N-dealkylation sites (tertiary alicyclic amines) is 1. The Morgan fingerprint density at radius 3 is 2.79 bits per heavy atom. The van der Waals surface area contributed by atoms with Gasteiger partial charge in [0, 0.05) is 17.6 Å². The van der Waals surface area contributed by atoms with Crippen molar-refractivity contribution in [2.24, 2.45) is 11.7 Å². The van der Waals surface area contributed by atoms with Crippen LogP contribution in [0.15, 0.2) is 28.7 Å².